The van der Waals surface area contributed by atoms with Gasteiger partial charge in [-0.3, -0.25) is 15.1 Å². The van der Waals surface area contributed by atoms with E-state index in [1.807, 2.05) is 60.7 Å². The van der Waals surface area contributed by atoms with Crippen molar-refractivity contribution >= 4 is 17.0 Å². The highest BCUT2D eigenvalue weighted by Gasteiger charge is 2.33. The fourth-order valence-electron chi connectivity index (χ4n) is 3.83. The zero-order valence-electron chi connectivity index (χ0n) is 18.4. The van der Waals surface area contributed by atoms with Gasteiger partial charge in [0, 0.05) is 17.8 Å². The molecule has 7 nitrogen and oxygen atoms in total. The van der Waals surface area contributed by atoms with Crippen molar-refractivity contribution in [2.45, 2.75) is 18.2 Å². The number of pyridine rings is 2. The Bertz CT molecular complexity index is 1180. The second-order valence-corrected chi connectivity index (χ2v) is 7.49. The predicted molar refractivity (Wildman–Crippen MR) is 125 cm³/mol. The number of benzene rings is 2. The Kier molecular flexibility index (Phi) is 6.92. The van der Waals surface area contributed by atoms with Crippen LogP contribution in [0.3, 0.4) is 0 Å². The maximum absolute atomic E-state index is 12.9. The van der Waals surface area contributed by atoms with Crippen molar-refractivity contribution in [3.8, 4) is 5.88 Å². The van der Waals surface area contributed by atoms with Gasteiger partial charge in [0.25, 0.3) is 0 Å². The standard InChI is InChI=1S/C26H25N3O4/c1-32-21-14-13-20-23(28-21)19(15-16-27-20)25(30)24(26(31)33-2)29-22(17-9-5-3-6-10-17)18-11-7-4-8-12-18/h3-16,22,24-25,29-30H,1-2H3. The van der Waals surface area contributed by atoms with Gasteiger partial charge in [-0.05, 0) is 23.3 Å². The summed E-state index contributed by atoms with van der Waals surface area (Å²) in [4.78, 5) is 21.6. The molecule has 2 atom stereocenters. The molecule has 2 aromatic carbocycles. The molecule has 168 valence electrons. The molecule has 7 heteroatoms. The Hall–Kier alpha value is -3.81. The number of aromatic nitrogens is 2. The number of nitrogens with one attached hydrogen (secondary N) is 1. The Morgan fingerprint density at radius 1 is 0.909 bits per heavy atom. The van der Waals surface area contributed by atoms with Gasteiger partial charge in [0.15, 0.2) is 0 Å². The van der Waals surface area contributed by atoms with Crippen molar-refractivity contribution in [1.29, 1.82) is 0 Å². The maximum Gasteiger partial charge on any atom is 0.325 e. The fourth-order valence-corrected chi connectivity index (χ4v) is 3.83. The fraction of sp³-hybridized carbons (Fsp3) is 0.192. The summed E-state index contributed by atoms with van der Waals surface area (Å²) in [7, 11) is 2.82. The molecular formula is C26H25N3O4. The smallest absolute Gasteiger partial charge is 0.325 e. The first-order valence-corrected chi connectivity index (χ1v) is 10.5. The van der Waals surface area contributed by atoms with E-state index in [4.69, 9.17) is 9.47 Å². The largest absolute Gasteiger partial charge is 0.481 e. The van der Waals surface area contributed by atoms with Crippen LogP contribution in [0.2, 0.25) is 0 Å². The third-order valence-corrected chi connectivity index (χ3v) is 5.50. The van der Waals surface area contributed by atoms with Crippen LogP contribution in [0.25, 0.3) is 11.0 Å². The van der Waals surface area contributed by atoms with Gasteiger partial charge in [-0.1, -0.05) is 60.7 Å². The molecule has 2 unspecified atom stereocenters. The second kappa shape index (κ2) is 10.2. The van der Waals surface area contributed by atoms with E-state index >= 15 is 0 Å². The molecule has 2 heterocycles. The van der Waals surface area contributed by atoms with E-state index in [9.17, 15) is 9.90 Å². The van der Waals surface area contributed by atoms with E-state index in [1.165, 1.54) is 14.2 Å². The summed E-state index contributed by atoms with van der Waals surface area (Å²) >= 11 is 0. The van der Waals surface area contributed by atoms with Gasteiger partial charge in [-0.25, -0.2) is 4.98 Å². The first-order valence-electron chi connectivity index (χ1n) is 10.5. The number of hydrogen-bond donors (Lipinski definition) is 2. The van der Waals surface area contributed by atoms with Crippen molar-refractivity contribution in [3.63, 3.8) is 0 Å². The van der Waals surface area contributed by atoms with Crippen molar-refractivity contribution in [2.24, 2.45) is 0 Å². The van der Waals surface area contributed by atoms with Crippen LogP contribution in [0.5, 0.6) is 5.88 Å². The third-order valence-electron chi connectivity index (χ3n) is 5.50. The topological polar surface area (TPSA) is 93.6 Å². The minimum absolute atomic E-state index is 0.359. The van der Waals surface area contributed by atoms with Crippen LogP contribution >= 0.6 is 0 Å². The monoisotopic (exact) mass is 443 g/mol. The Morgan fingerprint density at radius 2 is 1.55 bits per heavy atom. The van der Waals surface area contributed by atoms with Gasteiger partial charge in [0.05, 0.1) is 31.3 Å². The van der Waals surface area contributed by atoms with Crippen molar-refractivity contribution < 1.29 is 19.4 Å². The molecule has 0 bridgehead atoms. The van der Waals surface area contributed by atoms with Crippen molar-refractivity contribution in [2.75, 3.05) is 14.2 Å². The molecule has 0 aliphatic heterocycles. The summed E-state index contributed by atoms with van der Waals surface area (Å²) < 4.78 is 10.3. The molecule has 0 radical (unpaired) electrons. The highest BCUT2D eigenvalue weighted by atomic mass is 16.5. The number of esters is 1. The van der Waals surface area contributed by atoms with Gasteiger partial charge in [0.2, 0.25) is 5.88 Å². The molecule has 0 aliphatic rings. The summed E-state index contributed by atoms with van der Waals surface area (Å²) in [6.45, 7) is 0. The van der Waals surface area contributed by atoms with E-state index in [2.05, 4.69) is 15.3 Å². The summed E-state index contributed by atoms with van der Waals surface area (Å²) in [6, 6.07) is 23.2. The van der Waals surface area contributed by atoms with Crippen LogP contribution in [0.4, 0.5) is 0 Å². The van der Waals surface area contributed by atoms with Gasteiger partial charge >= 0.3 is 5.97 Å². The van der Waals surface area contributed by atoms with E-state index in [-0.39, 0.29) is 6.04 Å². The van der Waals surface area contributed by atoms with Crippen LogP contribution in [0, 0.1) is 0 Å². The summed E-state index contributed by atoms with van der Waals surface area (Å²) in [5.41, 5.74) is 3.38. The number of hydrogen-bond acceptors (Lipinski definition) is 7. The first kappa shape index (κ1) is 22.4. The van der Waals surface area contributed by atoms with Gasteiger partial charge in [-0.15, -0.1) is 0 Å². The van der Waals surface area contributed by atoms with Gasteiger partial charge in [0.1, 0.15) is 12.1 Å². The molecule has 4 aromatic rings. The van der Waals surface area contributed by atoms with Gasteiger partial charge in [-0.2, -0.15) is 0 Å². The number of rotatable bonds is 8. The number of nitrogens with zero attached hydrogens (tertiary/aromatic N) is 2. The lowest BCUT2D eigenvalue weighted by atomic mass is 9.95. The predicted octanol–water partition coefficient (Wildman–Crippen LogP) is 3.59. The van der Waals surface area contributed by atoms with E-state index in [0.29, 0.717) is 22.5 Å². The average molecular weight is 444 g/mol. The Balaban J connectivity index is 1.77. The van der Waals surface area contributed by atoms with Crippen LogP contribution in [0.1, 0.15) is 28.8 Å². The van der Waals surface area contributed by atoms with E-state index in [0.717, 1.165) is 11.1 Å². The minimum Gasteiger partial charge on any atom is -0.481 e. The SMILES string of the molecule is COC(=O)C(NC(c1ccccc1)c1ccccc1)C(O)c1ccnc2ccc(OC)nc12. The lowest BCUT2D eigenvalue weighted by Crippen LogP contribution is -2.44. The number of carbonyl (C=O) groups excluding carboxylic acids is 1. The van der Waals surface area contributed by atoms with Crippen molar-refractivity contribution in [1.82, 2.24) is 15.3 Å². The van der Waals surface area contributed by atoms with Crippen LogP contribution < -0.4 is 10.1 Å². The molecule has 0 aliphatic carbocycles. The Morgan fingerprint density at radius 3 is 2.12 bits per heavy atom. The molecule has 4 rings (SSSR count). The van der Waals surface area contributed by atoms with E-state index < -0.39 is 18.1 Å². The lowest BCUT2D eigenvalue weighted by molar-refractivity contribution is -0.146. The molecule has 2 aromatic heterocycles. The summed E-state index contributed by atoms with van der Waals surface area (Å²) in [5.74, 6) is -0.204. The molecule has 2 N–H and O–H groups in total. The van der Waals surface area contributed by atoms with Crippen LogP contribution in [-0.4, -0.2) is 41.3 Å². The zero-order valence-corrected chi connectivity index (χ0v) is 18.4. The number of aliphatic hydroxyl groups is 1. The highest BCUT2D eigenvalue weighted by Crippen LogP contribution is 2.29. The summed E-state index contributed by atoms with van der Waals surface area (Å²) in [6.07, 6.45) is 0.326. The number of ether oxygens (including phenoxy) is 2. The van der Waals surface area contributed by atoms with Crippen LogP contribution in [-0.2, 0) is 9.53 Å². The highest BCUT2D eigenvalue weighted by molar-refractivity contribution is 5.82. The molecule has 0 saturated heterocycles. The average Bonchev–Trinajstić information content (AvgIpc) is 2.89. The number of fused-ring (bicyclic) bond motifs is 1. The molecular weight excluding hydrogens is 418 g/mol. The number of aliphatic hydroxyl groups excluding tert-OH is 1. The third kappa shape index (κ3) is 4.84. The maximum atomic E-state index is 12.9. The lowest BCUT2D eigenvalue weighted by Gasteiger charge is -2.28. The first-order chi connectivity index (χ1) is 16.1. The van der Waals surface area contributed by atoms with Gasteiger partial charge < -0.3 is 14.6 Å². The molecule has 0 amide bonds. The normalized spacial score (nSPS) is 13.0. The Labute approximate surface area is 192 Å². The minimum atomic E-state index is -1.25. The number of methoxy groups -OCH3 is 2. The zero-order chi connectivity index (χ0) is 23.2. The molecule has 0 spiro atoms. The molecule has 0 fully saturated rings. The summed E-state index contributed by atoms with van der Waals surface area (Å²) in [5, 5.41) is 14.7. The molecule has 0 saturated carbocycles. The molecule has 33 heavy (non-hydrogen) atoms. The van der Waals surface area contributed by atoms with Crippen molar-refractivity contribution in [3.05, 3.63) is 102 Å². The van der Waals surface area contributed by atoms with Crippen LogP contribution in [0.15, 0.2) is 85.1 Å². The quantitative estimate of drug-likeness (QED) is 0.402. The van der Waals surface area contributed by atoms with E-state index in [1.54, 1.807) is 24.4 Å². The second-order valence-electron chi connectivity index (χ2n) is 7.49. The number of carbonyl (C=O) groups is 1.